The first-order valence-corrected chi connectivity index (χ1v) is 7.96. The molecule has 1 heterocycles. The maximum atomic E-state index is 5.72. The molecular weight excluding hydrogens is 310 g/mol. The topological polar surface area (TPSA) is 21.3 Å². The molecule has 98 valence electrons. The van der Waals surface area contributed by atoms with Gasteiger partial charge in [0.2, 0.25) is 0 Å². The van der Waals surface area contributed by atoms with Gasteiger partial charge in [0.15, 0.2) is 0 Å². The summed E-state index contributed by atoms with van der Waals surface area (Å²) in [4.78, 5) is 1.28. The predicted molar refractivity (Wildman–Crippen MR) is 81.0 cm³/mol. The zero-order valence-corrected chi connectivity index (χ0v) is 12.9. The molecule has 0 saturated heterocycles. The van der Waals surface area contributed by atoms with Crippen LogP contribution in [0.1, 0.15) is 12.8 Å². The van der Waals surface area contributed by atoms with Crippen LogP contribution in [0.2, 0.25) is 0 Å². The molecular formula is C14H18BrNOS. The minimum absolute atomic E-state index is 0.300. The van der Waals surface area contributed by atoms with Gasteiger partial charge in [-0.05, 0) is 44.2 Å². The molecule has 2 rings (SSSR count). The van der Waals surface area contributed by atoms with Crippen LogP contribution in [-0.4, -0.2) is 25.4 Å². The van der Waals surface area contributed by atoms with Crippen molar-refractivity contribution in [1.29, 1.82) is 0 Å². The van der Waals surface area contributed by atoms with E-state index in [9.17, 15) is 0 Å². The molecule has 0 amide bonds. The van der Waals surface area contributed by atoms with Gasteiger partial charge >= 0.3 is 0 Å². The van der Waals surface area contributed by atoms with Crippen LogP contribution in [0.25, 0.3) is 0 Å². The molecule has 1 unspecified atom stereocenters. The van der Waals surface area contributed by atoms with E-state index >= 15 is 0 Å². The van der Waals surface area contributed by atoms with Gasteiger partial charge in [0.05, 0.1) is 12.6 Å². The van der Waals surface area contributed by atoms with Crippen molar-refractivity contribution in [1.82, 2.24) is 5.32 Å². The van der Waals surface area contributed by atoms with Gasteiger partial charge in [0, 0.05) is 15.1 Å². The van der Waals surface area contributed by atoms with Crippen molar-refractivity contribution in [2.75, 3.05) is 19.4 Å². The fraction of sp³-hybridized carbons (Fsp3) is 0.429. The highest BCUT2D eigenvalue weighted by atomic mass is 79.9. The van der Waals surface area contributed by atoms with E-state index in [4.69, 9.17) is 4.74 Å². The van der Waals surface area contributed by atoms with Gasteiger partial charge in [0.1, 0.15) is 5.76 Å². The van der Waals surface area contributed by atoms with E-state index in [2.05, 4.69) is 45.5 Å². The Morgan fingerprint density at radius 1 is 1.50 bits per heavy atom. The van der Waals surface area contributed by atoms with Crippen LogP contribution in [0.3, 0.4) is 0 Å². The van der Waals surface area contributed by atoms with E-state index in [0.29, 0.717) is 6.04 Å². The molecule has 0 aromatic heterocycles. The Kier molecular flexibility index (Phi) is 5.60. The van der Waals surface area contributed by atoms with Gasteiger partial charge in [0.25, 0.3) is 0 Å². The summed E-state index contributed by atoms with van der Waals surface area (Å²) in [6.45, 7) is 0.853. The van der Waals surface area contributed by atoms with Crippen LogP contribution in [-0.2, 0) is 4.74 Å². The minimum atomic E-state index is 0.300. The Morgan fingerprint density at radius 2 is 2.39 bits per heavy atom. The van der Waals surface area contributed by atoms with E-state index in [1.54, 1.807) is 0 Å². The van der Waals surface area contributed by atoms with Crippen molar-refractivity contribution in [3.8, 4) is 0 Å². The number of hydrogen-bond acceptors (Lipinski definition) is 3. The summed E-state index contributed by atoms with van der Waals surface area (Å²) in [5.74, 6) is 2.09. The van der Waals surface area contributed by atoms with Crippen molar-refractivity contribution in [2.24, 2.45) is 0 Å². The van der Waals surface area contributed by atoms with Gasteiger partial charge in [-0.1, -0.05) is 22.0 Å². The smallest absolute Gasteiger partial charge is 0.110 e. The second-order valence-electron chi connectivity index (χ2n) is 4.21. The van der Waals surface area contributed by atoms with Crippen LogP contribution in [0.4, 0.5) is 0 Å². The second-order valence-corrected chi connectivity index (χ2v) is 6.22. The molecule has 1 atom stereocenters. The number of allylic oxidation sites excluding steroid dienone is 1. The molecule has 1 aliphatic rings. The quantitative estimate of drug-likeness (QED) is 0.830. The lowest BCUT2D eigenvalue weighted by molar-refractivity contribution is 0.173. The van der Waals surface area contributed by atoms with E-state index in [-0.39, 0.29) is 0 Å². The maximum absolute atomic E-state index is 5.72. The van der Waals surface area contributed by atoms with Crippen LogP contribution < -0.4 is 5.32 Å². The summed E-state index contributed by atoms with van der Waals surface area (Å²) in [6, 6.07) is 8.70. The van der Waals surface area contributed by atoms with Gasteiger partial charge in [-0.25, -0.2) is 0 Å². The fourth-order valence-corrected chi connectivity index (χ4v) is 3.49. The Hall–Kier alpha value is -0.450. The Balaban J connectivity index is 1.92. The molecule has 18 heavy (non-hydrogen) atoms. The predicted octanol–water partition coefficient (Wildman–Crippen LogP) is 3.82. The Bertz CT molecular complexity index is 422. The second kappa shape index (κ2) is 7.22. The minimum Gasteiger partial charge on any atom is -0.497 e. The number of benzene rings is 1. The van der Waals surface area contributed by atoms with E-state index < -0.39 is 0 Å². The third kappa shape index (κ3) is 4.04. The molecule has 1 N–H and O–H groups in total. The third-order valence-corrected chi connectivity index (χ3v) is 4.45. The van der Waals surface area contributed by atoms with Crippen molar-refractivity contribution >= 4 is 27.7 Å². The number of hydrogen-bond donors (Lipinski definition) is 1. The van der Waals surface area contributed by atoms with Crippen molar-refractivity contribution < 1.29 is 4.74 Å². The lowest BCUT2D eigenvalue weighted by atomic mass is 10.2. The lowest BCUT2D eigenvalue weighted by Gasteiger charge is -2.23. The highest BCUT2D eigenvalue weighted by Crippen LogP contribution is 2.25. The highest BCUT2D eigenvalue weighted by molar-refractivity contribution is 9.10. The van der Waals surface area contributed by atoms with Crippen molar-refractivity contribution in [3.05, 3.63) is 40.6 Å². The highest BCUT2D eigenvalue weighted by Gasteiger charge is 2.16. The summed E-state index contributed by atoms with van der Waals surface area (Å²) in [6.07, 6.45) is 4.49. The Labute approximate surface area is 121 Å². The molecule has 1 aliphatic heterocycles. The number of thioether (sulfide) groups is 1. The molecule has 0 bridgehead atoms. The summed E-state index contributed by atoms with van der Waals surface area (Å²) in [5, 5.41) is 3.33. The number of ether oxygens (including phenoxy) is 1. The maximum Gasteiger partial charge on any atom is 0.110 e. The first-order chi connectivity index (χ1) is 8.79. The van der Waals surface area contributed by atoms with E-state index in [0.717, 1.165) is 35.4 Å². The Morgan fingerprint density at radius 3 is 3.06 bits per heavy atom. The number of likely N-dealkylation sites (N-methyl/N-ethyl adjacent to an activating group) is 1. The first-order valence-electron chi connectivity index (χ1n) is 6.18. The van der Waals surface area contributed by atoms with Crippen LogP contribution in [0.15, 0.2) is 45.5 Å². The average Bonchev–Trinajstić information content (AvgIpc) is 2.41. The first kappa shape index (κ1) is 14.0. The third-order valence-electron chi connectivity index (χ3n) is 2.87. The van der Waals surface area contributed by atoms with Crippen LogP contribution in [0, 0.1) is 0 Å². The van der Waals surface area contributed by atoms with Crippen LogP contribution >= 0.6 is 27.7 Å². The van der Waals surface area contributed by atoms with E-state index in [1.807, 2.05) is 24.9 Å². The number of halogens is 1. The van der Waals surface area contributed by atoms with Gasteiger partial charge in [-0.3, -0.25) is 0 Å². The van der Waals surface area contributed by atoms with Gasteiger partial charge in [-0.15, -0.1) is 11.8 Å². The van der Waals surface area contributed by atoms with Gasteiger partial charge < -0.3 is 10.1 Å². The monoisotopic (exact) mass is 327 g/mol. The van der Waals surface area contributed by atoms with Gasteiger partial charge in [-0.2, -0.15) is 0 Å². The largest absolute Gasteiger partial charge is 0.497 e. The molecule has 0 saturated carbocycles. The van der Waals surface area contributed by atoms with E-state index in [1.165, 1.54) is 4.90 Å². The molecule has 4 heteroatoms. The van der Waals surface area contributed by atoms with Crippen molar-refractivity contribution in [3.63, 3.8) is 0 Å². The molecule has 0 spiro atoms. The summed E-state index contributed by atoms with van der Waals surface area (Å²) >= 11 is 5.35. The molecule has 1 aromatic rings. The fourth-order valence-electron chi connectivity index (χ4n) is 1.86. The standard InChI is InChI=1S/C14H18BrNOS/c1-16-13(14-7-2-3-8-17-14)10-18-12-6-4-5-11(15)9-12/h4-7,9,13,16H,2-3,8,10H2,1H3. The zero-order valence-electron chi connectivity index (χ0n) is 10.5. The summed E-state index contributed by atoms with van der Waals surface area (Å²) < 4.78 is 6.85. The lowest BCUT2D eigenvalue weighted by Crippen LogP contribution is -2.32. The molecule has 0 radical (unpaired) electrons. The van der Waals surface area contributed by atoms with Crippen molar-refractivity contribution in [2.45, 2.75) is 23.8 Å². The summed E-state index contributed by atoms with van der Waals surface area (Å²) in [7, 11) is 1.99. The normalized spacial score (nSPS) is 16.9. The zero-order chi connectivity index (χ0) is 12.8. The van der Waals surface area contributed by atoms with Crippen LogP contribution in [0.5, 0.6) is 0 Å². The molecule has 0 fully saturated rings. The number of nitrogens with one attached hydrogen (secondary N) is 1. The molecule has 0 aliphatic carbocycles. The SMILES string of the molecule is CNC(CSc1cccc(Br)c1)C1=CCCCO1. The number of rotatable bonds is 5. The molecule has 1 aromatic carbocycles. The molecule has 2 nitrogen and oxygen atoms in total. The average molecular weight is 328 g/mol. The summed E-state index contributed by atoms with van der Waals surface area (Å²) in [5.41, 5.74) is 0.